The van der Waals surface area contributed by atoms with Crippen molar-refractivity contribution in [1.29, 1.82) is 0 Å². The molecule has 0 saturated carbocycles. The number of aliphatic hydroxyl groups excluding tert-OH is 2. The first-order chi connectivity index (χ1) is 5.33. The first-order valence-corrected chi connectivity index (χ1v) is 3.91. The van der Waals surface area contributed by atoms with Crippen LogP contribution >= 0.6 is 0 Å². The van der Waals surface area contributed by atoms with E-state index in [9.17, 15) is 0 Å². The summed E-state index contributed by atoms with van der Waals surface area (Å²) in [4.78, 5) is 4.10. The van der Waals surface area contributed by atoms with Crippen LogP contribution in [0.4, 0.5) is 0 Å². The van der Waals surface area contributed by atoms with Gasteiger partial charge in [-0.3, -0.25) is 4.48 Å². The minimum Gasteiger partial charge on any atom is -1.00 e. The van der Waals surface area contributed by atoms with Gasteiger partial charge in [-0.15, -0.1) is 0 Å². The van der Waals surface area contributed by atoms with Gasteiger partial charge in [-0.25, -0.2) is 4.99 Å². The molecule has 0 amide bonds. The Morgan fingerprint density at radius 2 is 1.83 bits per heavy atom. The zero-order valence-corrected chi connectivity index (χ0v) is 7.74. The van der Waals surface area contributed by atoms with Crippen LogP contribution in [-0.4, -0.2) is 60.4 Å². The SMILES string of the molecule is OCC[N+]1(CCO)C=NCC1.[Cl-]. The van der Waals surface area contributed by atoms with E-state index in [1.165, 1.54) is 0 Å². The number of hydrogen-bond donors (Lipinski definition) is 2. The normalized spacial score (nSPS) is 19.2. The molecule has 0 aliphatic carbocycles. The van der Waals surface area contributed by atoms with Gasteiger partial charge in [0.05, 0.1) is 19.8 Å². The zero-order chi connectivity index (χ0) is 8.16. The smallest absolute Gasteiger partial charge is 0.185 e. The van der Waals surface area contributed by atoms with E-state index in [4.69, 9.17) is 10.2 Å². The van der Waals surface area contributed by atoms with Crippen LogP contribution in [0, 0.1) is 0 Å². The fourth-order valence-electron chi connectivity index (χ4n) is 1.39. The maximum Gasteiger partial charge on any atom is 0.185 e. The molecule has 0 atom stereocenters. The van der Waals surface area contributed by atoms with Crippen LogP contribution < -0.4 is 12.4 Å². The number of aliphatic imine (C=N–C) groups is 1. The summed E-state index contributed by atoms with van der Waals surface area (Å²) in [5, 5.41) is 17.5. The summed E-state index contributed by atoms with van der Waals surface area (Å²) < 4.78 is 0.646. The Morgan fingerprint density at radius 3 is 2.17 bits per heavy atom. The molecule has 0 bridgehead atoms. The van der Waals surface area contributed by atoms with E-state index in [2.05, 4.69) is 4.99 Å². The molecule has 0 aromatic carbocycles. The van der Waals surface area contributed by atoms with Crippen LogP contribution in [0.1, 0.15) is 0 Å². The number of nitrogens with zero attached hydrogens (tertiary/aromatic N) is 2. The van der Waals surface area contributed by atoms with Crippen molar-refractivity contribution < 1.29 is 27.1 Å². The van der Waals surface area contributed by atoms with Gasteiger partial charge in [0, 0.05) is 0 Å². The third-order valence-electron chi connectivity index (χ3n) is 2.09. The summed E-state index contributed by atoms with van der Waals surface area (Å²) in [6.45, 7) is 3.40. The Balaban J connectivity index is 0.00000121. The van der Waals surface area contributed by atoms with Crippen molar-refractivity contribution in [2.45, 2.75) is 0 Å². The Morgan fingerprint density at radius 1 is 1.25 bits per heavy atom. The minimum atomic E-state index is 0. The van der Waals surface area contributed by atoms with Gasteiger partial charge in [0.2, 0.25) is 0 Å². The van der Waals surface area contributed by atoms with Crippen molar-refractivity contribution in [2.75, 3.05) is 39.4 Å². The molecule has 2 N–H and O–H groups in total. The number of rotatable bonds is 4. The molecule has 5 heteroatoms. The number of quaternary nitrogens is 1. The van der Waals surface area contributed by atoms with Crippen molar-refractivity contribution in [3.8, 4) is 0 Å². The van der Waals surface area contributed by atoms with Crippen LogP contribution in [0.2, 0.25) is 0 Å². The second-order valence-electron chi connectivity index (χ2n) is 2.86. The fraction of sp³-hybridized carbons (Fsp3) is 0.857. The van der Waals surface area contributed by atoms with Crippen LogP contribution in [0.5, 0.6) is 0 Å². The summed E-state index contributed by atoms with van der Waals surface area (Å²) in [6, 6.07) is 0. The van der Waals surface area contributed by atoms with Gasteiger partial charge in [0.25, 0.3) is 0 Å². The molecular formula is C7H15ClN2O2. The maximum atomic E-state index is 8.76. The summed E-state index contributed by atoms with van der Waals surface area (Å²) in [5.74, 6) is 0. The van der Waals surface area contributed by atoms with E-state index in [1.54, 1.807) is 0 Å². The molecule has 0 unspecified atom stereocenters. The van der Waals surface area contributed by atoms with Gasteiger partial charge in [-0.1, -0.05) is 0 Å². The maximum absolute atomic E-state index is 8.76. The van der Waals surface area contributed by atoms with E-state index in [0.717, 1.165) is 13.1 Å². The second-order valence-corrected chi connectivity index (χ2v) is 2.86. The highest BCUT2D eigenvalue weighted by atomic mass is 35.5. The zero-order valence-electron chi connectivity index (χ0n) is 6.99. The van der Waals surface area contributed by atoms with Gasteiger partial charge < -0.3 is 22.6 Å². The van der Waals surface area contributed by atoms with Crippen molar-refractivity contribution in [3.05, 3.63) is 0 Å². The van der Waals surface area contributed by atoms with E-state index in [0.29, 0.717) is 17.6 Å². The highest BCUT2D eigenvalue weighted by Gasteiger charge is 2.27. The lowest BCUT2D eigenvalue weighted by molar-refractivity contribution is -0.829. The Bertz CT molecular complexity index is 146. The van der Waals surface area contributed by atoms with Gasteiger partial charge in [-0.2, -0.15) is 0 Å². The van der Waals surface area contributed by atoms with Gasteiger partial charge in [0.1, 0.15) is 19.6 Å². The van der Waals surface area contributed by atoms with Crippen molar-refractivity contribution in [2.24, 2.45) is 4.99 Å². The molecule has 0 fully saturated rings. The van der Waals surface area contributed by atoms with Crippen molar-refractivity contribution in [3.63, 3.8) is 0 Å². The fourth-order valence-corrected chi connectivity index (χ4v) is 1.39. The summed E-state index contributed by atoms with van der Waals surface area (Å²) in [6.07, 6.45) is 1.84. The van der Waals surface area contributed by atoms with E-state index < -0.39 is 0 Å². The lowest BCUT2D eigenvalue weighted by Crippen LogP contribution is -3.00. The van der Waals surface area contributed by atoms with E-state index >= 15 is 0 Å². The Labute approximate surface area is 78.5 Å². The molecule has 12 heavy (non-hydrogen) atoms. The number of halogens is 1. The van der Waals surface area contributed by atoms with Crippen molar-refractivity contribution in [1.82, 2.24) is 0 Å². The number of aliphatic hydroxyl groups is 2. The van der Waals surface area contributed by atoms with Gasteiger partial charge in [-0.05, 0) is 0 Å². The molecule has 0 aromatic rings. The summed E-state index contributed by atoms with van der Waals surface area (Å²) in [5.41, 5.74) is 0. The average molecular weight is 195 g/mol. The van der Waals surface area contributed by atoms with E-state index in [-0.39, 0.29) is 25.6 Å². The average Bonchev–Trinajstić information content (AvgIpc) is 2.39. The van der Waals surface area contributed by atoms with E-state index in [1.807, 2.05) is 6.34 Å². The Kier molecular flexibility index (Phi) is 5.41. The minimum absolute atomic E-state index is 0. The topological polar surface area (TPSA) is 52.8 Å². The molecule has 0 radical (unpaired) electrons. The molecule has 0 spiro atoms. The lowest BCUT2D eigenvalue weighted by atomic mass is 10.4. The van der Waals surface area contributed by atoms with Gasteiger partial charge >= 0.3 is 0 Å². The molecule has 1 rings (SSSR count). The monoisotopic (exact) mass is 194 g/mol. The highest BCUT2D eigenvalue weighted by Crippen LogP contribution is 2.07. The predicted octanol–water partition coefficient (Wildman–Crippen LogP) is -4.17. The van der Waals surface area contributed by atoms with Crippen LogP contribution in [0.15, 0.2) is 4.99 Å². The molecule has 4 nitrogen and oxygen atoms in total. The third-order valence-corrected chi connectivity index (χ3v) is 2.09. The van der Waals surface area contributed by atoms with Crippen LogP contribution in [0.3, 0.4) is 0 Å². The molecule has 1 aliphatic heterocycles. The molecule has 1 heterocycles. The predicted molar refractivity (Wildman–Crippen MR) is 42.4 cm³/mol. The molecular weight excluding hydrogens is 180 g/mol. The highest BCUT2D eigenvalue weighted by molar-refractivity contribution is 5.48. The van der Waals surface area contributed by atoms with Crippen LogP contribution in [0.25, 0.3) is 0 Å². The molecule has 72 valence electrons. The first-order valence-electron chi connectivity index (χ1n) is 3.91. The quantitative estimate of drug-likeness (QED) is 0.447. The first kappa shape index (κ1) is 11.8. The Hall–Kier alpha value is -0.160. The summed E-state index contributed by atoms with van der Waals surface area (Å²) >= 11 is 0. The van der Waals surface area contributed by atoms with Gasteiger partial charge in [0.15, 0.2) is 6.34 Å². The largest absolute Gasteiger partial charge is 1.00 e. The molecule has 1 aliphatic rings. The number of hydrogen-bond acceptors (Lipinski definition) is 3. The standard InChI is InChI=1S/C7H15N2O2.ClH/c10-5-3-9(4-6-11)2-1-8-7-9;/h7,10-11H,1-6H2;1H/q+1;/p-1. The summed E-state index contributed by atoms with van der Waals surface area (Å²) in [7, 11) is 0. The molecule has 0 aromatic heterocycles. The lowest BCUT2D eigenvalue weighted by Gasteiger charge is -2.28. The second kappa shape index (κ2) is 5.48. The third kappa shape index (κ3) is 2.71. The molecule has 0 saturated heterocycles. The van der Waals surface area contributed by atoms with Crippen LogP contribution in [-0.2, 0) is 0 Å². The van der Waals surface area contributed by atoms with Crippen molar-refractivity contribution >= 4 is 6.34 Å².